The first-order valence-corrected chi connectivity index (χ1v) is 25.7. The topological polar surface area (TPSA) is 203 Å². The molecule has 2 fully saturated rings. The molecule has 2 aliphatic heterocycles. The van der Waals surface area contributed by atoms with Crippen molar-refractivity contribution in [1.29, 1.82) is 0 Å². The number of β-amino-alcohol motifs (C(OH)–C–C–N with tert-alkyl or cyclic N) is 1. The van der Waals surface area contributed by atoms with E-state index in [-0.39, 0.29) is 49.6 Å². The molecule has 19 heteroatoms. The van der Waals surface area contributed by atoms with Crippen LogP contribution in [0.15, 0.2) is 96.5 Å². The van der Waals surface area contributed by atoms with Crippen LogP contribution >= 0.6 is 22.9 Å². The zero-order valence-electron chi connectivity index (χ0n) is 42.3. The number of aliphatic hydroxyl groups excluding tert-OH is 1. The maximum absolute atomic E-state index is 14.3. The largest absolute Gasteiger partial charge is 0.482 e. The molecule has 1 saturated heterocycles. The van der Waals surface area contributed by atoms with Crippen LogP contribution in [0.25, 0.3) is 16.4 Å². The van der Waals surface area contributed by atoms with E-state index in [9.17, 15) is 19.5 Å². The van der Waals surface area contributed by atoms with Gasteiger partial charge in [0.15, 0.2) is 12.4 Å². The summed E-state index contributed by atoms with van der Waals surface area (Å²) in [6.07, 6.45) is 5.82. The third-order valence-corrected chi connectivity index (χ3v) is 15.3. The maximum atomic E-state index is 14.3. The summed E-state index contributed by atoms with van der Waals surface area (Å²) < 4.78 is 15.9. The monoisotopic (exact) mass is 1030 g/mol. The number of amides is 3. The molecule has 3 aliphatic rings. The predicted molar refractivity (Wildman–Crippen MR) is 280 cm³/mol. The molecule has 1 aliphatic carbocycles. The number of thiophene rings is 1. The molecule has 4 N–H and O–H groups in total. The van der Waals surface area contributed by atoms with Crippen LogP contribution in [0.3, 0.4) is 0 Å². The number of halogens is 1. The number of imidazole rings is 1. The van der Waals surface area contributed by atoms with Gasteiger partial charge in [0.1, 0.15) is 40.6 Å². The molecule has 382 valence electrons. The minimum absolute atomic E-state index is 0.0835. The number of benzene rings is 2. The molecule has 0 radical (unpaired) electrons. The summed E-state index contributed by atoms with van der Waals surface area (Å²) in [5, 5.41) is 30.9. The highest BCUT2D eigenvalue weighted by atomic mass is 35.5. The summed E-state index contributed by atoms with van der Waals surface area (Å²) in [5.74, 6) is 1.98. The van der Waals surface area contributed by atoms with Gasteiger partial charge in [-0.3, -0.25) is 23.9 Å². The molecule has 5 atom stereocenters. The van der Waals surface area contributed by atoms with Crippen LogP contribution in [0.2, 0.25) is 5.02 Å². The van der Waals surface area contributed by atoms with E-state index in [0.717, 1.165) is 50.2 Å². The number of hydrogen-bond acceptors (Lipinski definition) is 13. The normalized spacial score (nSPS) is 20.1. The second-order valence-electron chi connectivity index (χ2n) is 20.3. The highest BCUT2D eigenvalue weighted by Gasteiger charge is 2.43. The van der Waals surface area contributed by atoms with Crippen LogP contribution in [0.1, 0.15) is 104 Å². The van der Waals surface area contributed by atoms with Gasteiger partial charge in [0.05, 0.1) is 30.5 Å². The van der Waals surface area contributed by atoms with Gasteiger partial charge in [0, 0.05) is 95.7 Å². The number of hydrogen-bond donors (Lipinski definition) is 4. The Morgan fingerprint density at radius 3 is 2.34 bits per heavy atom. The van der Waals surface area contributed by atoms with Gasteiger partial charge in [-0.15, -0.1) is 21.5 Å². The number of ether oxygens (including phenoxy) is 2. The molecule has 2 aromatic carbocycles. The molecule has 73 heavy (non-hydrogen) atoms. The third-order valence-electron chi connectivity index (χ3n) is 13.8. The molecule has 9 rings (SSSR count). The van der Waals surface area contributed by atoms with Crippen LogP contribution in [0, 0.1) is 26.2 Å². The van der Waals surface area contributed by atoms with Crippen molar-refractivity contribution in [1.82, 2.24) is 50.1 Å². The second-order valence-corrected chi connectivity index (χ2v) is 22.0. The highest BCUT2D eigenvalue weighted by molar-refractivity contribution is 7.15. The van der Waals surface area contributed by atoms with Crippen molar-refractivity contribution in [2.24, 2.45) is 17.5 Å². The summed E-state index contributed by atoms with van der Waals surface area (Å²) in [6, 6.07) is 16.8. The van der Waals surface area contributed by atoms with Crippen molar-refractivity contribution >= 4 is 46.4 Å². The van der Waals surface area contributed by atoms with Crippen molar-refractivity contribution in [3.05, 3.63) is 135 Å². The Balaban J connectivity index is 0.750. The molecule has 17 nitrogen and oxygen atoms in total. The van der Waals surface area contributed by atoms with Crippen molar-refractivity contribution in [3.63, 3.8) is 0 Å². The molecular weight excluding hydrogens is 966 g/mol. The van der Waals surface area contributed by atoms with Crippen LogP contribution < -0.4 is 25.4 Å². The molecule has 3 amide bonds. The minimum Gasteiger partial charge on any atom is -0.482 e. The van der Waals surface area contributed by atoms with Crippen LogP contribution in [0.4, 0.5) is 0 Å². The summed E-state index contributed by atoms with van der Waals surface area (Å²) in [6.45, 7) is 17.8. The Kier molecular flexibility index (Phi) is 14.6. The molecule has 0 bridgehead atoms. The molecule has 4 aromatic heterocycles. The lowest BCUT2D eigenvalue weighted by atomic mass is 9.85. The van der Waals surface area contributed by atoms with Gasteiger partial charge in [0.2, 0.25) is 17.7 Å². The quantitative estimate of drug-likeness (QED) is 0.0750. The first kappa shape index (κ1) is 51.0. The highest BCUT2D eigenvalue weighted by Crippen LogP contribution is 2.40. The average Bonchev–Trinajstić information content (AvgIpc) is 4.11. The number of aromatic nitrogens is 6. The van der Waals surface area contributed by atoms with E-state index in [1.807, 2.05) is 106 Å². The van der Waals surface area contributed by atoms with Gasteiger partial charge >= 0.3 is 0 Å². The van der Waals surface area contributed by atoms with Crippen molar-refractivity contribution in [2.45, 2.75) is 117 Å². The number of rotatable bonds is 16. The van der Waals surface area contributed by atoms with Gasteiger partial charge in [0.25, 0.3) is 5.91 Å². The van der Waals surface area contributed by atoms with E-state index in [1.165, 1.54) is 11.1 Å². The average molecular weight is 1030 g/mol. The smallest absolute Gasteiger partial charge is 0.258 e. The number of nitrogens with zero attached hydrogens (tertiary/aromatic N) is 8. The van der Waals surface area contributed by atoms with E-state index in [0.29, 0.717) is 47.4 Å². The van der Waals surface area contributed by atoms with E-state index < -0.39 is 35.6 Å². The van der Waals surface area contributed by atoms with Crippen molar-refractivity contribution in [3.8, 4) is 28.0 Å². The van der Waals surface area contributed by atoms with E-state index in [4.69, 9.17) is 26.1 Å². The van der Waals surface area contributed by atoms with Gasteiger partial charge < -0.3 is 40.0 Å². The molecule has 6 aromatic rings. The number of carbonyl (C=O) groups is 3. The fourth-order valence-electron chi connectivity index (χ4n) is 9.64. The Hall–Kier alpha value is -6.89. The Morgan fingerprint density at radius 2 is 1.67 bits per heavy atom. The van der Waals surface area contributed by atoms with Gasteiger partial charge in [-0.2, -0.15) is 0 Å². The number of likely N-dealkylation sites (tertiary alicyclic amines) is 1. The van der Waals surface area contributed by atoms with Crippen LogP contribution in [-0.2, 0) is 21.4 Å². The fraction of sp³-hybridized carbons (Fsp3) is 0.407. The zero-order chi connectivity index (χ0) is 51.9. The van der Waals surface area contributed by atoms with E-state index in [1.54, 1.807) is 34.6 Å². The lowest BCUT2D eigenvalue weighted by Gasteiger charge is -2.36. The zero-order valence-corrected chi connectivity index (χ0v) is 43.9. The molecule has 1 saturated carbocycles. The van der Waals surface area contributed by atoms with E-state index >= 15 is 0 Å². The maximum Gasteiger partial charge on any atom is 0.258 e. The van der Waals surface area contributed by atoms with Crippen LogP contribution in [0.5, 0.6) is 11.6 Å². The number of aliphatic hydroxyl groups is 1. The third kappa shape index (κ3) is 11.1. The first-order chi connectivity index (χ1) is 34.8. The Labute approximate surface area is 434 Å². The van der Waals surface area contributed by atoms with Gasteiger partial charge in [-0.25, -0.2) is 9.97 Å². The van der Waals surface area contributed by atoms with Gasteiger partial charge in [-0.1, -0.05) is 75.3 Å². The fourth-order valence-corrected chi connectivity index (χ4v) is 11.0. The molecule has 0 unspecified atom stereocenters. The minimum atomic E-state index is -0.919. The summed E-state index contributed by atoms with van der Waals surface area (Å²) >= 11 is 7.93. The Bertz CT molecular complexity index is 3040. The number of aryl methyl sites for hydroxylation is 3. The van der Waals surface area contributed by atoms with E-state index in [2.05, 4.69) is 56.5 Å². The Morgan fingerprint density at radius 1 is 0.945 bits per heavy atom. The predicted octanol–water partition coefficient (Wildman–Crippen LogP) is 7.45. The molecule has 6 heterocycles. The number of carbonyl (C=O) groups excluding carboxylic acids is 3. The lowest BCUT2D eigenvalue weighted by molar-refractivity contribution is -0.140. The summed E-state index contributed by atoms with van der Waals surface area (Å²) in [5.41, 5.74) is 5.77. The van der Waals surface area contributed by atoms with Crippen molar-refractivity contribution < 1.29 is 29.0 Å². The standard InChI is InChI=1S/C54H62ClN11O6S/c1-29-32(4)73-53-47(29)48(35-14-16-37(55)17-15-35)60-42(51-63-62-33(5)66(51)53)25-44(68)59-38-22-41(23-38)72-46-19-18-40(26-57-46)71-28-45(69)61-49(54(6,7)8)52(70)65-27-39(67)24-43(65)31(3)58-30(2)34-10-12-36(13-11-34)50-56-20-21-64(50)9/h10-21,26,30,38-39,41-43,49,58,67H,3,22-25,27-28H2,1-2,4-9H3,(H,59,68)(H,61,69)/t30-,38?,39+,41?,42-,43-,49+/m0/s1. The number of pyridine rings is 1. The number of fused-ring (bicyclic) bond motifs is 3. The number of aliphatic imine (C=N–C) groups is 1. The van der Waals surface area contributed by atoms with Crippen LogP contribution in [-0.4, -0.2) is 106 Å². The van der Waals surface area contributed by atoms with Gasteiger partial charge in [-0.05, 0) is 62.4 Å². The second kappa shape index (κ2) is 20.9. The SMILES string of the molecule is C=C(N[C@@H](C)c1ccc(-c2nccn2C)cc1)[C@@H]1C[C@@H](O)CN1C(=O)[C@@H](NC(=O)COc1ccc(OC2CC(NC(=O)C[C@@H]3N=C(c4ccc(Cl)cc4)c4c(sc(C)c4C)-n4c(C)nnc43)C2)nc1)C(C)(C)C. The summed E-state index contributed by atoms with van der Waals surface area (Å²) in [4.78, 5) is 58.2. The summed E-state index contributed by atoms with van der Waals surface area (Å²) in [7, 11) is 1.95. The molecule has 0 spiro atoms. The lowest BCUT2D eigenvalue weighted by Crippen LogP contribution is -2.57. The number of nitrogens with one attached hydrogen (secondary N) is 3. The molecular formula is C54H62ClN11O6S. The van der Waals surface area contributed by atoms with Crippen molar-refractivity contribution in [2.75, 3.05) is 13.2 Å². The first-order valence-electron chi connectivity index (χ1n) is 24.5.